The molecule has 1 aliphatic carbocycles. The molecular weight excluding hydrogens is 421 g/mol. The molecular formula is C24H25Cl2NO3. The molecule has 0 spiro atoms. The van der Waals surface area contributed by atoms with Crippen LogP contribution in [0.2, 0.25) is 10.0 Å². The molecule has 1 heterocycles. The fourth-order valence-corrected chi connectivity index (χ4v) is 6.30. The van der Waals surface area contributed by atoms with Crippen molar-refractivity contribution in [3.8, 4) is 0 Å². The smallest absolute Gasteiger partial charge is 0.335 e. The number of hydrogen-bond acceptors (Lipinski definition) is 2. The third kappa shape index (κ3) is 3.30. The first-order valence-electron chi connectivity index (χ1n) is 10.4. The maximum Gasteiger partial charge on any atom is 0.335 e. The fourth-order valence-electron chi connectivity index (χ4n) is 5.86. The van der Waals surface area contributed by atoms with E-state index in [1.165, 1.54) is 6.07 Å². The lowest BCUT2D eigenvalue weighted by Gasteiger charge is -2.47. The second kappa shape index (κ2) is 7.90. The summed E-state index contributed by atoms with van der Waals surface area (Å²) < 4.78 is 0. The van der Waals surface area contributed by atoms with E-state index in [-0.39, 0.29) is 35.3 Å². The molecule has 2 N–H and O–H groups in total. The van der Waals surface area contributed by atoms with Gasteiger partial charge in [0.15, 0.2) is 0 Å². The van der Waals surface area contributed by atoms with Gasteiger partial charge in [0.1, 0.15) is 0 Å². The van der Waals surface area contributed by atoms with Gasteiger partial charge in [-0.2, -0.15) is 0 Å². The van der Waals surface area contributed by atoms with Gasteiger partial charge in [0.2, 0.25) is 5.91 Å². The Kier molecular flexibility index (Phi) is 5.58. The average Bonchev–Trinajstić information content (AvgIpc) is 2.98. The van der Waals surface area contributed by atoms with Crippen LogP contribution >= 0.6 is 23.2 Å². The molecule has 1 saturated carbocycles. The number of carboxylic acid groups (broad SMARTS) is 1. The summed E-state index contributed by atoms with van der Waals surface area (Å²) in [4.78, 5) is 24.4. The molecule has 0 bridgehead atoms. The zero-order valence-electron chi connectivity index (χ0n) is 17.0. The predicted molar refractivity (Wildman–Crippen MR) is 118 cm³/mol. The topological polar surface area (TPSA) is 66.4 Å². The fraction of sp³-hybridized carbons (Fsp3) is 0.417. The molecule has 1 amide bonds. The van der Waals surface area contributed by atoms with E-state index >= 15 is 0 Å². The van der Waals surface area contributed by atoms with Crippen LogP contribution in [-0.4, -0.2) is 23.0 Å². The molecule has 2 aromatic rings. The molecule has 1 unspecified atom stereocenters. The maximum absolute atomic E-state index is 13.0. The zero-order chi connectivity index (χ0) is 21.6. The Hall–Kier alpha value is -2.04. The van der Waals surface area contributed by atoms with Gasteiger partial charge in [-0.15, -0.1) is 0 Å². The van der Waals surface area contributed by atoms with Crippen LogP contribution in [0.25, 0.3) is 0 Å². The van der Waals surface area contributed by atoms with Crippen LogP contribution in [0.3, 0.4) is 0 Å². The number of aromatic carboxylic acids is 1. The lowest BCUT2D eigenvalue weighted by atomic mass is 9.54. The summed E-state index contributed by atoms with van der Waals surface area (Å²) in [5.74, 6) is -0.581. The van der Waals surface area contributed by atoms with Crippen LogP contribution in [0.4, 0.5) is 0 Å². The molecule has 0 aromatic heterocycles. The van der Waals surface area contributed by atoms with Crippen molar-refractivity contribution in [2.45, 2.75) is 51.0 Å². The van der Waals surface area contributed by atoms with Crippen LogP contribution in [0.1, 0.15) is 66.4 Å². The molecule has 2 aromatic carbocycles. The van der Waals surface area contributed by atoms with E-state index in [4.69, 9.17) is 23.2 Å². The standard InChI is InChI=1S/C24H25Cl2NO3/c1-3-24-11-10-18(17-9-6-15(22(28)29)12-19(17)26)20(14-4-7-16(25)8-5-14)21(24)13(2)27-23(24)30/h4-9,12-13,18,20-21H,3,10-11H2,1-2H3,(H,27,30)(H,28,29)/t13-,18+,20+,21+,24?/m1/s1. The largest absolute Gasteiger partial charge is 0.478 e. The van der Waals surface area contributed by atoms with E-state index < -0.39 is 11.4 Å². The minimum atomic E-state index is -0.995. The summed E-state index contributed by atoms with van der Waals surface area (Å²) in [7, 11) is 0. The van der Waals surface area contributed by atoms with Crippen molar-refractivity contribution in [2.24, 2.45) is 11.3 Å². The van der Waals surface area contributed by atoms with Gasteiger partial charge in [0, 0.05) is 22.0 Å². The van der Waals surface area contributed by atoms with E-state index in [0.717, 1.165) is 30.4 Å². The van der Waals surface area contributed by atoms with Crippen molar-refractivity contribution in [1.82, 2.24) is 5.32 Å². The van der Waals surface area contributed by atoms with E-state index in [2.05, 4.69) is 19.2 Å². The van der Waals surface area contributed by atoms with Crippen molar-refractivity contribution in [1.29, 1.82) is 0 Å². The van der Waals surface area contributed by atoms with E-state index in [0.29, 0.717) is 10.0 Å². The van der Waals surface area contributed by atoms with Crippen LogP contribution in [0, 0.1) is 11.3 Å². The third-order valence-corrected chi connectivity index (χ3v) is 7.82. The summed E-state index contributed by atoms with van der Waals surface area (Å²) in [6, 6.07) is 12.9. The van der Waals surface area contributed by atoms with Gasteiger partial charge in [-0.25, -0.2) is 4.79 Å². The van der Waals surface area contributed by atoms with Crippen LogP contribution < -0.4 is 5.32 Å². The summed E-state index contributed by atoms with van der Waals surface area (Å²) >= 11 is 12.7. The molecule has 1 saturated heterocycles. The van der Waals surface area contributed by atoms with Crippen LogP contribution in [0.15, 0.2) is 42.5 Å². The van der Waals surface area contributed by atoms with Crippen molar-refractivity contribution in [3.05, 3.63) is 69.2 Å². The number of amides is 1. The first-order valence-corrected chi connectivity index (χ1v) is 11.1. The summed E-state index contributed by atoms with van der Waals surface area (Å²) in [5.41, 5.74) is 1.86. The molecule has 0 radical (unpaired) electrons. The molecule has 6 heteroatoms. The molecule has 4 rings (SSSR count). The first-order chi connectivity index (χ1) is 14.3. The molecule has 2 fully saturated rings. The number of rotatable bonds is 4. The Labute approximate surface area is 186 Å². The Morgan fingerprint density at radius 3 is 2.50 bits per heavy atom. The number of benzene rings is 2. The van der Waals surface area contributed by atoms with E-state index in [1.54, 1.807) is 6.07 Å². The lowest BCUT2D eigenvalue weighted by Crippen LogP contribution is -2.43. The number of hydrogen-bond donors (Lipinski definition) is 2. The second-order valence-corrected chi connectivity index (χ2v) is 9.41. The highest BCUT2D eigenvalue weighted by molar-refractivity contribution is 6.31. The van der Waals surface area contributed by atoms with Gasteiger partial charge < -0.3 is 10.4 Å². The first kappa shape index (κ1) is 21.2. The van der Waals surface area contributed by atoms with Crippen LogP contribution in [-0.2, 0) is 4.79 Å². The zero-order valence-corrected chi connectivity index (χ0v) is 18.5. The average molecular weight is 446 g/mol. The Morgan fingerprint density at radius 1 is 1.20 bits per heavy atom. The number of fused-ring (bicyclic) bond motifs is 1. The minimum Gasteiger partial charge on any atom is -0.478 e. The molecule has 5 atom stereocenters. The van der Waals surface area contributed by atoms with Crippen LogP contribution in [0.5, 0.6) is 0 Å². The Balaban J connectivity index is 1.85. The number of carbonyl (C=O) groups is 2. The van der Waals surface area contributed by atoms with Crippen molar-refractivity contribution in [2.75, 3.05) is 0 Å². The van der Waals surface area contributed by atoms with Gasteiger partial charge in [-0.05, 0) is 73.4 Å². The van der Waals surface area contributed by atoms with E-state index in [9.17, 15) is 14.7 Å². The quantitative estimate of drug-likeness (QED) is 0.616. The van der Waals surface area contributed by atoms with E-state index in [1.807, 2.05) is 30.3 Å². The van der Waals surface area contributed by atoms with Crippen molar-refractivity contribution >= 4 is 35.1 Å². The predicted octanol–water partition coefficient (Wildman–Crippen LogP) is 5.88. The summed E-state index contributed by atoms with van der Waals surface area (Å²) in [6.45, 7) is 4.18. The highest BCUT2D eigenvalue weighted by Crippen LogP contribution is 2.60. The Bertz CT molecular complexity index is 990. The molecule has 2 aliphatic rings. The number of carboxylic acids is 1. The Morgan fingerprint density at radius 2 is 1.90 bits per heavy atom. The van der Waals surface area contributed by atoms with Gasteiger partial charge in [-0.1, -0.05) is 48.3 Å². The minimum absolute atomic E-state index is 0.0398. The second-order valence-electron chi connectivity index (χ2n) is 8.56. The summed E-state index contributed by atoms with van der Waals surface area (Å²) in [6.07, 6.45) is 2.39. The SMILES string of the molecule is CCC12CC[C@@H](c3ccc(C(=O)O)cc3Cl)[C@H](c3ccc(Cl)cc3)[C@@H]1[C@@H](C)NC2=O. The molecule has 1 aliphatic heterocycles. The summed E-state index contributed by atoms with van der Waals surface area (Å²) in [5, 5.41) is 13.6. The van der Waals surface area contributed by atoms with Crippen molar-refractivity contribution < 1.29 is 14.7 Å². The number of nitrogens with one attached hydrogen (secondary N) is 1. The van der Waals surface area contributed by atoms with Gasteiger partial charge in [0.25, 0.3) is 0 Å². The molecule has 4 nitrogen and oxygen atoms in total. The maximum atomic E-state index is 13.0. The third-order valence-electron chi connectivity index (χ3n) is 7.24. The molecule has 30 heavy (non-hydrogen) atoms. The number of halogens is 2. The number of carbonyl (C=O) groups excluding carboxylic acids is 1. The normalized spacial score (nSPS) is 30.6. The van der Waals surface area contributed by atoms with Crippen molar-refractivity contribution in [3.63, 3.8) is 0 Å². The van der Waals surface area contributed by atoms with Gasteiger partial charge in [0.05, 0.1) is 11.0 Å². The van der Waals surface area contributed by atoms with Gasteiger partial charge >= 0.3 is 5.97 Å². The monoisotopic (exact) mass is 445 g/mol. The highest BCUT2D eigenvalue weighted by atomic mass is 35.5. The lowest BCUT2D eigenvalue weighted by molar-refractivity contribution is -0.131. The van der Waals surface area contributed by atoms with Gasteiger partial charge in [-0.3, -0.25) is 4.79 Å². The highest BCUT2D eigenvalue weighted by Gasteiger charge is 2.59. The molecule has 158 valence electrons.